The molecule has 0 saturated carbocycles. The van der Waals surface area contributed by atoms with Gasteiger partial charge in [-0.2, -0.15) is 4.99 Å². The summed E-state index contributed by atoms with van der Waals surface area (Å²) in [5, 5.41) is 0. The van der Waals surface area contributed by atoms with Crippen molar-refractivity contribution in [1.29, 1.82) is 0 Å². The highest BCUT2D eigenvalue weighted by Crippen LogP contribution is 2.23. The number of sulfonamides is 1. The third kappa shape index (κ3) is 5.21. The molecule has 180 valence electrons. The molecule has 1 N–H and O–H groups in total. The van der Waals surface area contributed by atoms with Gasteiger partial charge in [0, 0.05) is 17.8 Å². The van der Waals surface area contributed by atoms with Gasteiger partial charge >= 0.3 is 0 Å². The van der Waals surface area contributed by atoms with Crippen LogP contribution in [0.1, 0.15) is 21.5 Å². The first-order valence-electron chi connectivity index (χ1n) is 10.8. The number of rotatable bonds is 7. The van der Waals surface area contributed by atoms with Crippen LogP contribution in [0.2, 0.25) is 0 Å². The molecule has 0 spiro atoms. The average molecular weight is 508 g/mol. The normalized spacial score (nSPS) is 12.0. The van der Waals surface area contributed by atoms with Crippen LogP contribution >= 0.6 is 11.3 Å². The van der Waals surface area contributed by atoms with Crippen molar-refractivity contribution in [2.45, 2.75) is 25.3 Å². The SMILES string of the molecule is C=CCn1c(=NC(=O)c2cccc(NS(=O)(=O)c3ccc(OC)cc3)c2)sc2cc(C)c(C)cc21. The first kappa shape index (κ1) is 24.4. The number of allylic oxidation sites excluding steroid dienone is 1. The Morgan fingerprint density at radius 1 is 1.11 bits per heavy atom. The summed E-state index contributed by atoms with van der Waals surface area (Å²) >= 11 is 1.43. The molecule has 0 radical (unpaired) electrons. The number of anilines is 1. The second-order valence-corrected chi connectivity index (χ2v) is 10.7. The van der Waals surface area contributed by atoms with E-state index in [1.165, 1.54) is 42.2 Å². The monoisotopic (exact) mass is 507 g/mol. The fourth-order valence-corrected chi connectivity index (χ4v) is 5.72. The van der Waals surface area contributed by atoms with Crippen LogP contribution in [-0.2, 0) is 16.6 Å². The number of hydrogen-bond donors (Lipinski definition) is 1. The predicted molar refractivity (Wildman–Crippen MR) is 140 cm³/mol. The summed E-state index contributed by atoms with van der Waals surface area (Å²) in [6.45, 7) is 8.43. The van der Waals surface area contributed by atoms with Gasteiger partial charge < -0.3 is 9.30 Å². The summed E-state index contributed by atoms with van der Waals surface area (Å²) in [5.41, 5.74) is 3.85. The van der Waals surface area contributed by atoms with Crippen molar-refractivity contribution in [3.05, 3.63) is 94.8 Å². The molecule has 1 heterocycles. The highest BCUT2D eigenvalue weighted by Gasteiger charge is 2.16. The Morgan fingerprint density at radius 2 is 1.83 bits per heavy atom. The zero-order valence-electron chi connectivity index (χ0n) is 19.6. The third-order valence-electron chi connectivity index (χ3n) is 5.54. The lowest BCUT2D eigenvalue weighted by atomic mass is 10.1. The van der Waals surface area contributed by atoms with Crippen molar-refractivity contribution < 1.29 is 17.9 Å². The topological polar surface area (TPSA) is 89.8 Å². The number of aryl methyl sites for hydroxylation is 2. The van der Waals surface area contributed by atoms with E-state index in [4.69, 9.17) is 4.74 Å². The van der Waals surface area contributed by atoms with Crippen molar-refractivity contribution >= 4 is 43.2 Å². The molecule has 1 aromatic heterocycles. The Kier molecular flexibility index (Phi) is 6.90. The van der Waals surface area contributed by atoms with E-state index in [0.717, 1.165) is 15.8 Å². The summed E-state index contributed by atoms with van der Waals surface area (Å²) in [5.74, 6) is 0.0896. The van der Waals surface area contributed by atoms with E-state index in [-0.39, 0.29) is 16.1 Å². The Hall–Kier alpha value is -3.69. The molecule has 0 fully saturated rings. The number of carbonyl (C=O) groups is 1. The van der Waals surface area contributed by atoms with E-state index < -0.39 is 15.9 Å². The number of methoxy groups -OCH3 is 1. The molecule has 0 aliphatic heterocycles. The lowest BCUT2D eigenvalue weighted by Crippen LogP contribution is -2.16. The Labute approximate surface area is 208 Å². The van der Waals surface area contributed by atoms with Gasteiger partial charge in [-0.05, 0) is 79.6 Å². The van der Waals surface area contributed by atoms with E-state index in [9.17, 15) is 13.2 Å². The van der Waals surface area contributed by atoms with Crippen LogP contribution in [0.15, 0.2) is 83.2 Å². The van der Waals surface area contributed by atoms with E-state index in [0.29, 0.717) is 17.1 Å². The maximum absolute atomic E-state index is 13.0. The van der Waals surface area contributed by atoms with Crippen molar-refractivity contribution in [1.82, 2.24) is 4.57 Å². The van der Waals surface area contributed by atoms with Crippen molar-refractivity contribution in [2.24, 2.45) is 4.99 Å². The highest BCUT2D eigenvalue weighted by molar-refractivity contribution is 7.92. The lowest BCUT2D eigenvalue weighted by molar-refractivity contribution is 0.0998. The number of carbonyl (C=O) groups excluding carboxylic acids is 1. The number of hydrogen-bond acceptors (Lipinski definition) is 5. The second-order valence-electron chi connectivity index (χ2n) is 7.97. The number of ether oxygens (including phenoxy) is 1. The van der Waals surface area contributed by atoms with Crippen LogP contribution < -0.4 is 14.3 Å². The molecule has 0 bridgehead atoms. The first-order valence-corrected chi connectivity index (χ1v) is 13.1. The molecule has 4 rings (SSSR count). The molecule has 0 aliphatic carbocycles. The van der Waals surface area contributed by atoms with Gasteiger partial charge in [0.2, 0.25) is 0 Å². The minimum absolute atomic E-state index is 0.0843. The van der Waals surface area contributed by atoms with Gasteiger partial charge in [-0.25, -0.2) is 8.42 Å². The van der Waals surface area contributed by atoms with Gasteiger partial charge in [0.05, 0.1) is 22.2 Å². The second kappa shape index (κ2) is 9.89. The van der Waals surface area contributed by atoms with Crippen LogP contribution in [-0.4, -0.2) is 26.0 Å². The summed E-state index contributed by atoms with van der Waals surface area (Å²) in [7, 11) is -2.33. The van der Waals surface area contributed by atoms with Crippen LogP contribution in [0.3, 0.4) is 0 Å². The molecule has 35 heavy (non-hydrogen) atoms. The molecule has 9 heteroatoms. The quantitative estimate of drug-likeness (QED) is 0.354. The van der Waals surface area contributed by atoms with E-state index in [2.05, 4.69) is 28.4 Å². The fraction of sp³-hybridized carbons (Fsp3) is 0.154. The molecule has 0 aliphatic rings. The molecule has 0 atom stereocenters. The number of nitrogens with one attached hydrogen (secondary N) is 1. The van der Waals surface area contributed by atoms with Gasteiger partial charge in [-0.3, -0.25) is 9.52 Å². The highest BCUT2D eigenvalue weighted by atomic mass is 32.2. The maximum atomic E-state index is 13.0. The fourth-order valence-electron chi connectivity index (χ4n) is 3.55. The molecule has 3 aromatic carbocycles. The maximum Gasteiger partial charge on any atom is 0.279 e. The summed E-state index contributed by atoms with van der Waals surface area (Å²) in [6.07, 6.45) is 1.76. The van der Waals surface area contributed by atoms with Crippen molar-refractivity contribution in [3.8, 4) is 5.75 Å². The van der Waals surface area contributed by atoms with Crippen molar-refractivity contribution in [2.75, 3.05) is 11.8 Å². The zero-order chi connectivity index (χ0) is 25.2. The third-order valence-corrected chi connectivity index (χ3v) is 7.98. The van der Waals surface area contributed by atoms with Crippen LogP contribution in [0.5, 0.6) is 5.75 Å². The summed E-state index contributed by atoms with van der Waals surface area (Å²) in [6, 6.07) is 16.5. The molecular formula is C26H25N3O4S2. The summed E-state index contributed by atoms with van der Waals surface area (Å²) < 4.78 is 36.1. The molecule has 4 aromatic rings. The van der Waals surface area contributed by atoms with E-state index in [1.54, 1.807) is 36.4 Å². The Morgan fingerprint density at radius 3 is 2.51 bits per heavy atom. The van der Waals surface area contributed by atoms with Gasteiger partial charge in [0.15, 0.2) is 4.80 Å². The zero-order valence-corrected chi connectivity index (χ0v) is 21.2. The average Bonchev–Trinajstić information content (AvgIpc) is 3.15. The first-order chi connectivity index (χ1) is 16.7. The van der Waals surface area contributed by atoms with Crippen LogP contribution in [0.25, 0.3) is 10.2 Å². The number of nitrogens with zero attached hydrogens (tertiary/aromatic N) is 2. The molecule has 1 amide bonds. The minimum Gasteiger partial charge on any atom is -0.497 e. The summed E-state index contributed by atoms with van der Waals surface area (Å²) in [4.78, 5) is 18.1. The Bertz CT molecular complexity index is 1600. The van der Waals surface area contributed by atoms with Gasteiger partial charge in [-0.15, -0.1) is 6.58 Å². The van der Waals surface area contributed by atoms with Gasteiger partial charge in [0.1, 0.15) is 5.75 Å². The predicted octanol–water partition coefficient (Wildman–Crippen LogP) is 5.06. The lowest BCUT2D eigenvalue weighted by Gasteiger charge is -2.09. The molecule has 7 nitrogen and oxygen atoms in total. The molecule has 0 unspecified atom stereocenters. The smallest absolute Gasteiger partial charge is 0.279 e. The standard InChI is InChI=1S/C26H25N3O4S2/c1-5-13-29-23-14-17(2)18(3)15-24(23)34-26(29)27-25(30)19-7-6-8-20(16-19)28-35(31,32)22-11-9-21(33-4)10-12-22/h5-12,14-16,28H,1,13H2,2-4H3. The molecule has 0 saturated heterocycles. The number of thiazole rings is 1. The number of aromatic nitrogens is 1. The van der Waals surface area contributed by atoms with Crippen LogP contribution in [0.4, 0.5) is 5.69 Å². The van der Waals surface area contributed by atoms with E-state index in [1.807, 2.05) is 18.4 Å². The number of fused-ring (bicyclic) bond motifs is 1. The minimum atomic E-state index is -3.84. The number of amides is 1. The van der Waals surface area contributed by atoms with Crippen molar-refractivity contribution in [3.63, 3.8) is 0 Å². The van der Waals surface area contributed by atoms with Gasteiger partial charge in [-0.1, -0.05) is 23.5 Å². The van der Waals surface area contributed by atoms with E-state index >= 15 is 0 Å². The van der Waals surface area contributed by atoms with Crippen LogP contribution in [0, 0.1) is 13.8 Å². The van der Waals surface area contributed by atoms with Gasteiger partial charge in [0.25, 0.3) is 15.9 Å². The molecular weight excluding hydrogens is 482 g/mol. The Balaban J connectivity index is 1.67. The number of benzene rings is 3. The largest absolute Gasteiger partial charge is 0.497 e.